The van der Waals surface area contributed by atoms with Crippen LogP contribution in [0.25, 0.3) is 6.08 Å². The Morgan fingerprint density at radius 2 is 1.76 bits per heavy atom. The van der Waals surface area contributed by atoms with Crippen molar-refractivity contribution in [1.82, 2.24) is 4.90 Å². The highest BCUT2D eigenvalue weighted by Crippen LogP contribution is 2.35. The lowest BCUT2D eigenvalue weighted by molar-refractivity contribution is -0.122. The van der Waals surface area contributed by atoms with Crippen LogP contribution >= 0.6 is 11.8 Å². The summed E-state index contributed by atoms with van der Waals surface area (Å²) in [6.45, 7) is 6.51. The monoisotopic (exact) mass is 354 g/mol. The van der Waals surface area contributed by atoms with Crippen molar-refractivity contribution in [2.45, 2.75) is 20.8 Å². The zero-order valence-electron chi connectivity index (χ0n) is 14.4. The molecule has 1 aliphatic rings. The highest BCUT2D eigenvalue weighted by molar-refractivity contribution is 8.18. The molecule has 0 unspecified atom stereocenters. The Bertz CT molecular complexity index is 852. The predicted molar refractivity (Wildman–Crippen MR) is 102 cm³/mol. The number of benzene rings is 2. The molecule has 1 amide bonds. The molecule has 0 bridgehead atoms. The van der Waals surface area contributed by atoms with Gasteiger partial charge in [-0.3, -0.25) is 9.69 Å². The number of amidine groups is 1. The minimum atomic E-state index is -0.292. The fourth-order valence-corrected chi connectivity index (χ4v) is 3.71. The number of carbonyl (C=O) groups is 1. The van der Waals surface area contributed by atoms with Gasteiger partial charge in [-0.15, -0.1) is 0 Å². The molecule has 3 rings (SSSR count). The minimum absolute atomic E-state index is 0.0678. The van der Waals surface area contributed by atoms with E-state index in [9.17, 15) is 9.18 Å². The maximum absolute atomic E-state index is 13.1. The average molecular weight is 354 g/mol. The topological polar surface area (TPSA) is 32.7 Å². The molecule has 0 aromatic heterocycles. The summed E-state index contributed by atoms with van der Waals surface area (Å²) in [5.74, 6) is -0.359. The summed E-state index contributed by atoms with van der Waals surface area (Å²) >= 11 is 1.36. The number of thioether (sulfide) groups is 1. The molecular formula is C20H19FN2OS. The van der Waals surface area contributed by atoms with Crippen molar-refractivity contribution >= 4 is 34.6 Å². The van der Waals surface area contributed by atoms with Crippen molar-refractivity contribution in [2.24, 2.45) is 4.99 Å². The normalized spacial score (nSPS) is 17.8. The number of halogens is 1. The van der Waals surface area contributed by atoms with Crippen LogP contribution in [-0.2, 0) is 4.79 Å². The zero-order chi connectivity index (χ0) is 18.0. The van der Waals surface area contributed by atoms with Crippen LogP contribution in [0.2, 0.25) is 0 Å². The van der Waals surface area contributed by atoms with Crippen molar-refractivity contribution in [3.63, 3.8) is 0 Å². The number of rotatable bonds is 3. The van der Waals surface area contributed by atoms with Gasteiger partial charge in [0.15, 0.2) is 5.17 Å². The van der Waals surface area contributed by atoms with Crippen LogP contribution < -0.4 is 0 Å². The molecule has 0 radical (unpaired) electrons. The molecular weight excluding hydrogens is 335 g/mol. The summed E-state index contributed by atoms with van der Waals surface area (Å²) in [7, 11) is 0. The maximum atomic E-state index is 13.1. The van der Waals surface area contributed by atoms with E-state index in [-0.39, 0.29) is 11.7 Å². The van der Waals surface area contributed by atoms with Gasteiger partial charge >= 0.3 is 0 Å². The molecule has 1 fully saturated rings. The molecule has 0 N–H and O–H groups in total. The Morgan fingerprint density at radius 3 is 2.36 bits per heavy atom. The quantitative estimate of drug-likeness (QED) is 0.721. The van der Waals surface area contributed by atoms with E-state index in [1.165, 1.54) is 23.9 Å². The lowest BCUT2D eigenvalue weighted by Crippen LogP contribution is -2.28. The number of nitrogens with zero attached hydrogens (tertiary/aromatic N) is 2. The second-order valence-corrected chi connectivity index (χ2v) is 6.86. The van der Waals surface area contributed by atoms with Crippen molar-refractivity contribution < 1.29 is 9.18 Å². The summed E-state index contributed by atoms with van der Waals surface area (Å²) in [6.07, 6.45) is 1.78. The molecule has 1 saturated heterocycles. The first-order valence-corrected chi connectivity index (χ1v) is 8.93. The van der Waals surface area contributed by atoms with Crippen LogP contribution in [0.4, 0.5) is 10.1 Å². The van der Waals surface area contributed by atoms with Crippen LogP contribution in [0.1, 0.15) is 23.6 Å². The van der Waals surface area contributed by atoms with Gasteiger partial charge in [0.1, 0.15) is 5.82 Å². The van der Waals surface area contributed by atoms with Crippen LogP contribution in [0.3, 0.4) is 0 Å². The second kappa shape index (κ2) is 7.23. The first-order valence-electron chi connectivity index (χ1n) is 8.11. The SMILES string of the molecule is CCN1C(=O)/C(=C\c2ccc(F)cc2)SC1=Nc1c(C)cccc1C. The Kier molecular flexibility index (Phi) is 5.04. The summed E-state index contributed by atoms with van der Waals surface area (Å²) in [5.41, 5.74) is 3.85. The first kappa shape index (κ1) is 17.4. The van der Waals surface area contributed by atoms with Crippen molar-refractivity contribution in [3.05, 3.63) is 69.9 Å². The molecule has 0 spiro atoms. The number of aliphatic imine (C=N–C) groups is 1. The van der Waals surface area contributed by atoms with E-state index in [2.05, 4.69) is 0 Å². The molecule has 2 aromatic rings. The fraction of sp³-hybridized carbons (Fsp3) is 0.200. The molecule has 3 nitrogen and oxygen atoms in total. The minimum Gasteiger partial charge on any atom is -0.287 e. The smallest absolute Gasteiger partial charge is 0.266 e. The average Bonchev–Trinajstić information content (AvgIpc) is 2.88. The Morgan fingerprint density at radius 1 is 1.12 bits per heavy atom. The van der Waals surface area contributed by atoms with Gasteiger partial charge < -0.3 is 0 Å². The van der Waals surface area contributed by atoms with E-state index >= 15 is 0 Å². The van der Waals surface area contributed by atoms with E-state index in [0.29, 0.717) is 16.6 Å². The first-order chi connectivity index (χ1) is 12.0. The standard InChI is InChI=1S/C20H19FN2OS/c1-4-23-19(24)17(12-15-8-10-16(21)11-9-15)25-20(23)22-18-13(2)6-5-7-14(18)3/h5-12H,4H2,1-3H3/b17-12+,22-20?. The molecule has 1 aliphatic heterocycles. The molecule has 0 saturated carbocycles. The summed E-state index contributed by atoms with van der Waals surface area (Å²) in [5, 5.41) is 0.679. The molecule has 0 aliphatic carbocycles. The lowest BCUT2D eigenvalue weighted by Gasteiger charge is -2.13. The summed E-state index contributed by atoms with van der Waals surface area (Å²) in [4.78, 5) is 19.7. The number of likely N-dealkylation sites (N-methyl/N-ethyl adjacent to an activating group) is 1. The van der Waals surface area contributed by atoms with Gasteiger partial charge in [0.25, 0.3) is 5.91 Å². The van der Waals surface area contributed by atoms with Gasteiger partial charge in [0, 0.05) is 6.54 Å². The highest BCUT2D eigenvalue weighted by Gasteiger charge is 2.32. The maximum Gasteiger partial charge on any atom is 0.266 e. The van der Waals surface area contributed by atoms with Gasteiger partial charge in [-0.2, -0.15) is 0 Å². The lowest BCUT2D eigenvalue weighted by atomic mass is 10.1. The predicted octanol–water partition coefficient (Wildman–Crippen LogP) is 5.07. The Hall–Kier alpha value is -2.40. The van der Waals surface area contributed by atoms with E-state index in [1.54, 1.807) is 23.1 Å². The molecule has 5 heteroatoms. The third-order valence-electron chi connectivity index (χ3n) is 4.02. The Balaban J connectivity index is 1.98. The van der Waals surface area contributed by atoms with E-state index in [4.69, 9.17) is 4.99 Å². The van der Waals surface area contributed by atoms with E-state index < -0.39 is 0 Å². The zero-order valence-corrected chi connectivity index (χ0v) is 15.2. The molecule has 128 valence electrons. The Labute approximate surface area is 151 Å². The number of hydrogen-bond donors (Lipinski definition) is 0. The van der Waals surface area contributed by atoms with Crippen LogP contribution in [0.15, 0.2) is 52.4 Å². The van der Waals surface area contributed by atoms with Gasteiger partial charge in [-0.25, -0.2) is 9.38 Å². The van der Waals surface area contributed by atoms with Crippen LogP contribution in [0, 0.1) is 19.7 Å². The number of aryl methyl sites for hydroxylation is 2. The third-order valence-corrected chi connectivity index (χ3v) is 5.03. The van der Waals surface area contributed by atoms with Gasteiger partial charge in [-0.1, -0.05) is 30.3 Å². The molecule has 0 atom stereocenters. The van der Waals surface area contributed by atoms with Gasteiger partial charge in [-0.05, 0) is 67.4 Å². The highest BCUT2D eigenvalue weighted by atomic mass is 32.2. The number of para-hydroxylation sites is 1. The third kappa shape index (κ3) is 3.66. The van der Waals surface area contributed by atoms with Crippen molar-refractivity contribution in [2.75, 3.05) is 6.54 Å². The molecule has 1 heterocycles. The van der Waals surface area contributed by atoms with Crippen LogP contribution in [-0.4, -0.2) is 22.5 Å². The van der Waals surface area contributed by atoms with Crippen molar-refractivity contribution in [1.29, 1.82) is 0 Å². The second-order valence-electron chi connectivity index (χ2n) is 5.85. The van der Waals surface area contributed by atoms with Gasteiger partial charge in [0.2, 0.25) is 0 Å². The molecule has 2 aromatic carbocycles. The summed E-state index contributed by atoms with van der Waals surface area (Å²) in [6, 6.07) is 12.1. The van der Waals surface area contributed by atoms with Gasteiger partial charge in [0.05, 0.1) is 10.6 Å². The number of amides is 1. The largest absolute Gasteiger partial charge is 0.287 e. The van der Waals surface area contributed by atoms with E-state index in [0.717, 1.165) is 22.4 Å². The van der Waals surface area contributed by atoms with E-state index in [1.807, 2.05) is 39.0 Å². The number of hydrogen-bond acceptors (Lipinski definition) is 3. The van der Waals surface area contributed by atoms with Crippen LogP contribution in [0.5, 0.6) is 0 Å². The molecule has 25 heavy (non-hydrogen) atoms. The van der Waals surface area contributed by atoms with Crippen molar-refractivity contribution in [3.8, 4) is 0 Å². The number of carbonyl (C=O) groups excluding carboxylic acids is 1. The fourth-order valence-electron chi connectivity index (χ4n) is 2.66. The summed E-state index contributed by atoms with van der Waals surface area (Å²) < 4.78 is 13.1.